The fourth-order valence-electron chi connectivity index (χ4n) is 0.989. The van der Waals surface area contributed by atoms with Gasteiger partial charge in [0, 0.05) is 5.69 Å². The van der Waals surface area contributed by atoms with Gasteiger partial charge in [-0.25, -0.2) is 0 Å². The quantitative estimate of drug-likeness (QED) is 0.614. The van der Waals surface area contributed by atoms with Crippen molar-refractivity contribution >= 4 is 11.6 Å². The monoisotopic (exact) mass is 194 g/mol. The van der Waals surface area contributed by atoms with Gasteiger partial charge < -0.3 is 16.2 Å². The van der Waals surface area contributed by atoms with Gasteiger partial charge in [0.1, 0.15) is 5.75 Å². The molecule has 1 aromatic carbocycles. The van der Waals surface area contributed by atoms with Crippen LogP contribution in [0.25, 0.3) is 0 Å². The lowest BCUT2D eigenvalue weighted by Crippen LogP contribution is -2.32. The number of hydrogen-bond donors (Lipinski definition) is 3. The zero-order valence-electron chi connectivity index (χ0n) is 8.24. The van der Waals surface area contributed by atoms with Crippen molar-refractivity contribution in [3.63, 3.8) is 0 Å². The molecule has 14 heavy (non-hydrogen) atoms. The predicted octanol–water partition coefficient (Wildman–Crippen LogP) is 0.986. The molecule has 0 bridgehead atoms. The second-order valence-electron chi connectivity index (χ2n) is 3.28. The van der Waals surface area contributed by atoms with E-state index in [9.17, 15) is 9.90 Å². The maximum absolute atomic E-state index is 11.2. The molecule has 76 valence electrons. The molecule has 0 fully saturated rings. The van der Waals surface area contributed by atoms with Gasteiger partial charge in [-0.3, -0.25) is 4.79 Å². The minimum absolute atomic E-state index is 0.212. The lowest BCUT2D eigenvalue weighted by molar-refractivity contribution is -0.117. The molecule has 4 N–H and O–H groups in total. The second kappa shape index (κ2) is 4.11. The molecule has 1 atom stereocenters. The van der Waals surface area contributed by atoms with Gasteiger partial charge in [-0.05, 0) is 37.6 Å². The Bertz CT molecular complexity index is 348. The van der Waals surface area contributed by atoms with Crippen LogP contribution in [0.3, 0.4) is 0 Å². The highest BCUT2D eigenvalue weighted by Crippen LogP contribution is 2.19. The van der Waals surface area contributed by atoms with Crippen LogP contribution in [0, 0.1) is 6.92 Å². The third-order valence-corrected chi connectivity index (χ3v) is 1.88. The van der Waals surface area contributed by atoms with Crippen LogP contribution in [0.4, 0.5) is 5.69 Å². The third kappa shape index (κ3) is 2.47. The number of aryl methyl sites for hydroxylation is 1. The van der Waals surface area contributed by atoms with E-state index in [4.69, 9.17) is 5.73 Å². The van der Waals surface area contributed by atoms with Gasteiger partial charge in [0.25, 0.3) is 0 Å². The van der Waals surface area contributed by atoms with Gasteiger partial charge in [0.15, 0.2) is 0 Å². The molecule has 0 saturated heterocycles. The molecule has 4 heteroatoms. The fraction of sp³-hybridized carbons (Fsp3) is 0.300. The number of carbonyl (C=O) groups is 1. The number of carbonyl (C=O) groups excluding carboxylic acids is 1. The van der Waals surface area contributed by atoms with Crippen molar-refractivity contribution in [3.05, 3.63) is 23.8 Å². The number of anilines is 1. The Hall–Kier alpha value is -1.55. The fourth-order valence-corrected chi connectivity index (χ4v) is 0.989. The molecule has 0 aliphatic rings. The van der Waals surface area contributed by atoms with Crippen molar-refractivity contribution in [1.82, 2.24) is 0 Å². The molecule has 4 nitrogen and oxygen atoms in total. The van der Waals surface area contributed by atoms with Gasteiger partial charge in [0.05, 0.1) is 6.04 Å². The van der Waals surface area contributed by atoms with Crippen LogP contribution >= 0.6 is 0 Å². The van der Waals surface area contributed by atoms with Crippen LogP contribution < -0.4 is 11.1 Å². The largest absolute Gasteiger partial charge is 0.508 e. The minimum atomic E-state index is -0.538. The molecule has 1 amide bonds. The highest BCUT2D eigenvalue weighted by molar-refractivity contribution is 5.94. The van der Waals surface area contributed by atoms with Gasteiger partial charge in [0.2, 0.25) is 5.91 Å². The van der Waals surface area contributed by atoms with Crippen LogP contribution in [-0.2, 0) is 4.79 Å². The number of nitrogens with two attached hydrogens (primary N) is 1. The van der Waals surface area contributed by atoms with Crippen molar-refractivity contribution in [3.8, 4) is 5.75 Å². The Balaban J connectivity index is 2.78. The van der Waals surface area contributed by atoms with E-state index in [1.165, 1.54) is 6.07 Å². The summed E-state index contributed by atoms with van der Waals surface area (Å²) in [5.74, 6) is -0.0288. The summed E-state index contributed by atoms with van der Waals surface area (Å²) in [4.78, 5) is 11.2. The van der Waals surface area contributed by atoms with E-state index >= 15 is 0 Å². The van der Waals surface area contributed by atoms with Gasteiger partial charge >= 0.3 is 0 Å². The number of nitrogens with one attached hydrogen (secondary N) is 1. The number of rotatable bonds is 2. The number of phenolic OH excluding ortho intramolecular Hbond substituents is 1. The average molecular weight is 194 g/mol. The van der Waals surface area contributed by atoms with E-state index in [2.05, 4.69) is 5.32 Å². The number of phenols is 1. The molecule has 0 aliphatic carbocycles. The number of benzene rings is 1. The molecule has 0 aromatic heterocycles. The summed E-state index contributed by atoms with van der Waals surface area (Å²) in [5.41, 5.74) is 6.75. The van der Waals surface area contributed by atoms with E-state index in [0.717, 1.165) is 0 Å². The van der Waals surface area contributed by atoms with Crippen LogP contribution in [0.5, 0.6) is 5.75 Å². The molecule has 0 aliphatic heterocycles. The molecule has 0 spiro atoms. The smallest absolute Gasteiger partial charge is 0.240 e. The first-order valence-electron chi connectivity index (χ1n) is 4.37. The van der Waals surface area contributed by atoms with E-state index in [0.29, 0.717) is 11.3 Å². The summed E-state index contributed by atoms with van der Waals surface area (Å²) >= 11 is 0. The normalized spacial score (nSPS) is 12.2. The summed E-state index contributed by atoms with van der Waals surface area (Å²) in [6, 6.07) is 4.31. The van der Waals surface area contributed by atoms with Gasteiger partial charge in [-0.1, -0.05) is 0 Å². The zero-order chi connectivity index (χ0) is 10.7. The highest BCUT2D eigenvalue weighted by Gasteiger charge is 2.07. The van der Waals surface area contributed by atoms with Gasteiger partial charge in [-0.15, -0.1) is 0 Å². The van der Waals surface area contributed by atoms with E-state index in [-0.39, 0.29) is 11.7 Å². The number of amides is 1. The van der Waals surface area contributed by atoms with Crippen LogP contribution in [0.2, 0.25) is 0 Å². The topological polar surface area (TPSA) is 75.4 Å². The summed E-state index contributed by atoms with van der Waals surface area (Å²) in [7, 11) is 0. The van der Waals surface area contributed by atoms with Crippen molar-refractivity contribution in [2.24, 2.45) is 5.73 Å². The summed E-state index contributed by atoms with van der Waals surface area (Å²) in [6.45, 7) is 3.37. The van der Waals surface area contributed by atoms with E-state index < -0.39 is 6.04 Å². The maximum atomic E-state index is 11.2. The molecule has 1 rings (SSSR count). The molecule has 0 heterocycles. The molecule has 0 radical (unpaired) electrons. The lowest BCUT2D eigenvalue weighted by Gasteiger charge is -2.08. The van der Waals surface area contributed by atoms with E-state index in [1.54, 1.807) is 26.0 Å². The first kappa shape index (κ1) is 10.5. The standard InChI is InChI=1S/C10H14N2O2/c1-6-5-8(3-4-9(6)13)12-10(14)7(2)11/h3-5,7,13H,11H2,1-2H3,(H,12,14). The number of hydrogen-bond acceptors (Lipinski definition) is 3. The minimum Gasteiger partial charge on any atom is -0.508 e. The average Bonchev–Trinajstić information content (AvgIpc) is 2.11. The maximum Gasteiger partial charge on any atom is 0.240 e. The van der Waals surface area contributed by atoms with Crippen molar-refractivity contribution < 1.29 is 9.90 Å². The molecule has 0 saturated carbocycles. The first-order chi connectivity index (χ1) is 6.50. The summed E-state index contributed by atoms with van der Waals surface area (Å²) in [6.07, 6.45) is 0. The first-order valence-corrected chi connectivity index (χ1v) is 4.37. The van der Waals surface area contributed by atoms with Crippen molar-refractivity contribution in [2.75, 3.05) is 5.32 Å². The van der Waals surface area contributed by atoms with Crippen molar-refractivity contribution in [1.29, 1.82) is 0 Å². The Morgan fingerprint density at radius 2 is 2.21 bits per heavy atom. The summed E-state index contributed by atoms with van der Waals surface area (Å²) < 4.78 is 0. The Morgan fingerprint density at radius 3 is 2.71 bits per heavy atom. The van der Waals surface area contributed by atoms with E-state index in [1.807, 2.05) is 0 Å². The van der Waals surface area contributed by atoms with Crippen LogP contribution in [-0.4, -0.2) is 17.1 Å². The molecule has 1 aromatic rings. The molecular weight excluding hydrogens is 180 g/mol. The molecule has 1 unspecified atom stereocenters. The van der Waals surface area contributed by atoms with Gasteiger partial charge in [-0.2, -0.15) is 0 Å². The third-order valence-electron chi connectivity index (χ3n) is 1.88. The number of aromatic hydroxyl groups is 1. The SMILES string of the molecule is Cc1cc(NC(=O)C(C)N)ccc1O. The molecular formula is C10H14N2O2. The summed E-state index contributed by atoms with van der Waals surface area (Å²) in [5, 5.41) is 11.9. The van der Waals surface area contributed by atoms with Crippen molar-refractivity contribution in [2.45, 2.75) is 19.9 Å². The Morgan fingerprint density at radius 1 is 1.57 bits per heavy atom. The predicted molar refractivity (Wildman–Crippen MR) is 55.1 cm³/mol. The van der Waals surface area contributed by atoms with Crippen LogP contribution in [0.1, 0.15) is 12.5 Å². The second-order valence-corrected chi connectivity index (χ2v) is 3.28. The lowest BCUT2D eigenvalue weighted by atomic mass is 10.2. The Kier molecular flexibility index (Phi) is 3.09. The highest BCUT2D eigenvalue weighted by atomic mass is 16.3. The zero-order valence-corrected chi connectivity index (χ0v) is 8.24. The Labute approximate surface area is 82.7 Å². The van der Waals surface area contributed by atoms with Crippen LogP contribution in [0.15, 0.2) is 18.2 Å².